The molecule has 0 heterocycles. The average Bonchev–Trinajstić information content (AvgIpc) is 2.93. The third kappa shape index (κ3) is 7.27. The fourth-order valence-electron chi connectivity index (χ4n) is 3.88. The first-order valence-electron chi connectivity index (χ1n) is 12.1. The Bertz CT molecular complexity index is 1420. The summed E-state index contributed by atoms with van der Waals surface area (Å²) in [5.74, 6) is -0.341. The average molecular weight is 557 g/mol. The SMILES string of the molecule is CCOc1ccc(S(=O)(=O)N[C@H](Cc2ccccc2)C(=O)Nc2cc(OC)c(OC)cc2C(=O)OC)cc1C. The first kappa shape index (κ1) is 29.5. The van der Waals surface area contributed by atoms with E-state index < -0.39 is 27.9 Å². The van der Waals surface area contributed by atoms with Gasteiger partial charge in [0.1, 0.15) is 11.8 Å². The summed E-state index contributed by atoms with van der Waals surface area (Å²) >= 11 is 0. The quantitative estimate of drug-likeness (QED) is 0.323. The van der Waals surface area contributed by atoms with Gasteiger partial charge in [-0.2, -0.15) is 4.72 Å². The van der Waals surface area contributed by atoms with Gasteiger partial charge in [-0.25, -0.2) is 13.2 Å². The largest absolute Gasteiger partial charge is 0.494 e. The maximum Gasteiger partial charge on any atom is 0.340 e. The second-order valence-electron chi connectivity index (χ2n) is 8.46. The number of esters is 1. The van der Waals surface area contributed by atoms with Crippen molar-refractivity contribution in [3.63, 3.8) is 0 Å². The highest BCUT2D eigenvalue weighted by Gasteiger charge is 2.28. The van der Waals surface area contributed by atoms with Gasteiger partial charge >= 0.3 is 5.97 Å². The lowest BCUT2D eigenvalue weighted by Gasteiger charge is -2.21. The number of rotatable bonds is 12. The molecule has 208 valence electrons. The zero-order valence-electron chi connectivity index (χ0n) is 22.4. The number of carbonyl (C=O) groups excluding carboxylic acids is 2. The van der Waals surface area contributed by atoms with Crippen LogP contribution in [0.15, 0.2) is 65.6 Å². The number of methoxy groups -OCH3 is 3. The van der Waals surface area contributed by atoms with Crippen molar-refractivity contribution in [2.75, 3.05) is 33.3 Å². The summed E-state index contributed by atoms with van der Waals surface area (Å²) < 4.78 is 50.2. The highest BCUT2D eigenvalue weighted by molar-refractivity contribution is 7.89. The molecule has 0 aromatic heterocycles. The number of carbonyl (C=O) groups is 2. The zero-order valence-corrected chi connectivity index (χ0v) is 23.3. The Morgan fingerprint density at radius 2 is 1.56 bits per heavy atom. The highest BCUT2D eigenvalue weighted by Crippen LogP contribution is 2.34. The molecule has 1 atom stereocenters. The summed E-state index contributed by atoms with van der Waals surface area (Å²) in [6.45, 7) is 4.01. The van der Waals surface area contributed by atoms with Crippen LogP contribution in [-0.2, 0) is 26.0 Å². The summed E-state index contributed by atoms with van der Waals surface area (Å²) in [4.78, 5) is 26.0. The third-order valence-electron chi connectivity index (χ3n) is 5.84. The smallest absolute Gasteiger partial charge is 0.340 e. The molecule has 0 aliphatic heterocycles. The number of amides is 1. The normalized spacial score (nSPS) is 11.8. The Kier molecular flexibility index (Phi) is 9.91. The van der Waals surface area contributed by atoms with E-state index in [1.807, 2.05) is 13.0 Å². The Morgan fingerprint density at radius 3 is 2.15 bits per heavy atom. The lowest BCUT2D eigenvalue weighted by atomic mass is 10.1. The number of ether oxygens (including phenoxy) is 4. The minimum Gasteiger partial charge on any atom is -0.494 e. The van der Waals surface area contributed by atoms with Gasteiger partial charge in [0, 0.05) is 12.1 Å². The molecule has 10 nitrogen and oxygen atoms in total. The van der Waals surface area contributed by atoms with Crippen molar-refractivity contribution in [2.45, 2.75) is 31.2 Å². The second-order valence-corrected chi connectivity index (χ2v) is 10.2. The number of benzene rings is 3. The van der Waals surface area contributed by atoms with E-state index in [2.05, 4.69) is 10.0 Å². The summed E-state index contributed by atoms with van der Waals surface area (Å²) in [5, 5.41) is 2.66. The maximum absolute atomic E-state index is 13.6. The van der Waals surface area contributed by atoms with Gasteiger partial charge in [0.2, 0.25) is 15.9 Å². The Labute approximate surface area is 228 Å². The fraction of sp³-hybridized carbons (Fsp3) is 0.286. The number of hydrogen-bond acceptors (Lipinski definition) is 8. The standard InChI is InChI=1S/C28H32N2O8S/c1-6-38-24-13-12-20(14-18(24)2)39(33,34)30-23(15-19-10-8-7-9-11-19)27(31)29-22-17-26(36-4)25(35-3)16-21(22)28(32)37-5/h7-14,16-17,23,30H,6,15H2,1-5H3,(H,29,31)/t23-/m1/s1. The van der Waals surface area contributed by atoms with Crippen LogP contribution in [0, 0.1) is 6.92 Å². The molecule has 0 unspecified atom stereocenters. The predicted molar refractivity (Wildman–Crippen MR) is 146 cm³/mol. The monoisotopic (exact) mass is 556 g/mol. The molecule has 0 spiro atoms. The summed E-state index contributed by atoms with van der Waals surface area (Å²) in [5.41, 5.74) is 1.44. The molecule has 2 N–H and O–H groups in total. The molecule has 3 aromatic rings. The molecule has 39 heavy (non-hydrogen) atoms. The van der Waals surface area contributed by atoms with Crippen LogP contribution in [0.1, 0.15) is 28.4 Å². The fourth-order valence-corrected chi connectivity index (χ4v) is 5.16. The van der Waals surface area contributed by atoms with Crippen molar-refractivity contribution in [3.8, 4) is 17.2 Å². The van der Waals surface area contributed by atoms with Crippen LogP contribution in [0.5, 0.6) is 17.2 Å². The number of aryl methyl sites for hydroxylation is 1. The number of nitrogens with one attached hydrogen (secondary N) is 2. The van der Waals surface area contributed by atoms with Crippen molar-refractivity contribution in [1.29, 1.82) is 0 Å². The van der Waals surface area contributed by atoms with Gasteiger partial charge in [0.05, 0.1) is 44.1 Å². The molecule has 0 fully saturated rings. The van der Waals surface area contributed by atoms with Crippen LogP contribution in [0.25, 0.3) is 0 Å². The Balaban J connectivity index is 1.99. The molecule has 0 saturated carbocycles. The minimum absolute atomic E-state index is 0.00644. The van der Waals surface area contributed by atoms with E-state index in [-0.39, 0.29) is 34.1 Å². The van der Waals surface area contributed by atoms with E-state index in [1.165, 1.54) is 45.6 Å². The van der Waals surface area contributed by atoms with Crippen LogP contribution >= 0.6 is 0 Å². The molecule has 0 bridgehead atoms. The minimum atomic E-state index is -4.13. The molecule has 0 aliphatic carbocycles. The number of hydrogen-bond donors (Lipinski definition) is 2. The van der Waals surface area contributed by atoms with Crippen molar-refractivity contribution in [3.05, 3.63) is 77.4 Å². The van der Waals surface area contributed by atoms with Crippen LogP contribution in [0.3, 0.4) is 0 Å². The topological polar surface area (TPSA) is 129 Å². The number of anilines is 1. The van der Waals surface area contributed by atoms with E-state index >= 15 is 0 Å². The molecular formula is C28H32N2O8S. The van der Waals surface area contributed by atoms with Crippen LogP contribution in [0.2, 0.25) is 0 Å². The number of sulfonamides is 1. The van der Waals surface area contributed by atoms with Crippen molar-refractivity contribution in [2.24, 2.45) is 0 Å². The molecular weight excluding hydrogens is 524 g/mol. The predicted octanol–water partition coefficient (Wildman–Crippen LogP) is 3.73. The molecule has 1 amide bonds. The molecule has 3 rings (SSSR count). The van der Waals surface area contributed by atoms with Crippen molar-refractivity contribution in [1.82, 2.24) is 4.72 Å². The van der Waals surface area contributed by atoms with E-state index in [0.717, 1.165) is 5.56 Å². The Hall–Kier alpha value is -4.09. The second kappa shape index (κ2) is 13.1. The van der Waals surface area contributed by atoms with Gasteiger partial charge in [-0.1, -0.05) is 30.3 Å². The molecule has 11 heteroatoms. The van der Waals surface area contributed by atoms with Crippen LogP contribution in [0.4, 0.5) is 5.69 Å². The van der Waals surface area contributed by atoms with E-state index in [9.17, 15) is 18.0 Å². The lowest BCUT2D eigenvalue weighted by molar-refractivity contribution is -0.117. The first-order chi connectivity index (χ1) is 18.6. The van der Waals surface area contributed by atoms with Gasteiger partial charge in [0.15, 0.2) is 11.5 Å². The van der Waals surface area contributed by atoms with Crippen LogP contribution in [-0.4, -0.2) is 54.3 Å². The van der Waals surface area contributed by atoms with E-state index in [1.54, 1.807) is 37.3 Å². The highest BCUT2D eigenvalue weighted by atomic mass is 32.2. The molecule has 3 aromatic carbocycles. The van der Waals surface area contributed by atoms with Gasteiger partial charge < -0.3 is 24.3 Å². The molecule has 0 saturated heterocycles. The Morgan fingerprint density at radius 1 is 0.897 bits per heavy atom. The summed E-state index contributed by atoms with van der Waals surface area (Å²) in [6, 6.07) is 15.0. The van der Waals surface area contributed by atoms with Crippen LogP contribution < -0.4 is 24.2 Å². The molecule has 0 radical (unpaired) electrons. The summed E-state index contributed by atoms with van der Waals surface area (Å²) in [6.07, 6.45) is 0.0444. The van der Waals surface area contributed by atoms with Gasteiger partial charge in [-0.15, -0.1) is 0 Å². The first-order valence-corrected chi connectivity index (χ1v) is 13.6. The summed E-state index contributed by atoms with van der Waals surface area (Å²) in [7, 11) is -0.108. The van der Waals surface area contributed by atoms with Gasteiger partial charge in [-0.3, -0.25) is 4.79 Å². The van der Waals surface area contributed by atoms with Gasteiger partial charge in [-0.05, 0) is 49.6 Å². The molecule has 0 aliphatic rings. The van der Waals surface area contributed by atoms with Crippen molar-refractivity contribution < 1.29 is 37.0 Å². The lowest BCUT2D eigenvalue weighted by Crippen LogP contribution is -2.45. The van der Waals surface area contributed by atoms with E-state index in [0.29, 0.717) is 17.9 Å². The van der Waals surface area contributed by atoms with Gasteiger partial charge in [0.25, 0.3) is 0 Å². The third-order valence-corrected chi connectivity index (χ3v) is 7.31. The van der Waals surface area contributed by atoms with E-state index in [4.69, 9.17) is 18.9 Å². The zero-order chi connectivity index (χ0) is 28.6. The maximum atomic E-state index is 13.6. The van der Waals surface area contributed by atoms with Crippen molar-refractivity contribution >= 4 is 27.6 Å².